The molecule has 0 aromatic rings. The van der Waals surface area contributed by atoms with Gasteiger partial charge in [-0.15, -0.1) is 0 Å². The van der Waals surface area contributed by atoms with Crippen molar-refractivity contribution in [2.75, 3.05) is 6.54 Å². The molecule has 0 bridgehead atoms. The molecular formula is C17H32BNO. The van der Waals surface area contributed by atoms with Gasteiger partial charge in [0.25, 0.3) is 0 Å². The Morgan fingerprint density at radius 2 is 1.85 bits per heavy atom. The molecule has 1 aliphatic heterocycles. The Hall–Kier alpha value is -0.465. The minimum Gasteiger partial charge on any atom is -0.340 e. The largest absolute Gasteiger partial charge is 0.340 e. The Labute approximate surface area is 126 Å². The van der Waals surface area contributed by atoms with E-state index in [-0.39, 0.29) is 5.92 Å². The first kappa shape index (κ1) is 15.9. The average Bonchev–Trinajstić information content (AvgIpc) is 2.48. The maximum atomic E-state index is 12.9. The van der Waals surface area contributed by atoms with Crippen LogP contribution in [0.2, 0.25) is 5.82 Å². The van der Waals surface area contributed by atoms with Crippen LogP contribution in [0.4, 0.5) is 0 Å². The van der Waals surface area contributed by atoms with Gasteiger partial charge in [0.1, 0.15) is 7.85 Å². The van der Waals surface area contributed by atoms with Crippen LogP contribution in [-0.4, -0.2) is 31.2 Å². The number of amides is 1. The van der Waals surface area contributed by atoms with E-state index >= 15 is 0 Å². The Balaban J connectivity index is 2.31. The number of rotatable bonds is 2. The van der Waals surface area contributed by atoms with Crippen LogP contribution in [0.25, 0.3) is 0 Å². The molecule has 1 amide bonds. The van der Waals surface area contributed by atoms with Crippen LogP contribution in [0.3, 0.4) is 0 Å². The van der Waals surface area contributed by atoms with Crippen molar-refractivity contribution in [2.24, 2.45) is 23.2 Å². The van der Waals surface area contributed by atoms with E-state index in [4.69, 9.17) is 0 Å². The summed E-state index contributed by atoms with van der Waals surface area (Å²) in [4.78, 5) is 15.0. The average molecular weight is 277 g/mol. The lowest BCUT2D eigenvalue weighted by Gasteiger charge is -2.49. The van der Waals surface area contributed by atoms with Crippen molar-refractivity contribution in [3.63, 3.8) is 0 Å². The van der Waals surface area contributed by atoms with E-state index in [1.807, 2.05) is 0 Å². The lowest BCUT2D eigenvalue weighted by Crippen LogP contribution is -2.52. The van der Waals surface area contributed by atoms with E-state index in [2.05, 4.69) is 47.4 Å². The Morgan fingerprint density at radius 3 is 2.40 bits per heavy atom. The van der Waals surface area contributed by atoms with Gasteiger partial charge in [-0.2, -0.15) is 0 Å². The van der Waals surface area contributed by atoms with Gasteiger partial charge in [0, 0.05) is 18.5 Å². The van der Waals surface area contributed by atoms with Crippen molar-refractivity contribution in [3.8, 4) is 0 Å². The molecule has 0 aromatic heterocycles. The summed E-state index contributed by atoms with van der Waals surface area (Å²) in [5.41, 5.74) is 0.333. The molecule has 2 rings (SSSR count). The second-order valence-electron chi connectivity index (χ2n) is 8.17. The fourth-order valence-electron chi connectivity index (χ4n) is 4.73. The smallest absolute Gasteiger partial charge is 0.226 e. The maximum absolute atomic E-state index is 12.9. The van der Waals surface area contributed by atoms with E-state index < -0.39 is 0 Å². The minimum atomic E-state index is 0.281. The van der Waals surface area contributed by atoms with E-state index in [1.165, 1.54) is 19.3 Å². The van der Waals surface area contributed by atoms with Crippen LogP contribution in [0.15, 0.2) is 0 Å². The molecule has 0 radical (unpaired) electrons. The third-order valence-corrected chi connectivity index (χ3v) is 6.32. The van der Waals surface area contributed by atoms with Gasteiger partial charge in [-0.3, -0.25) is 4.79 Å². The first-order chi connectivity index (χ1) is 9.27. The molecule has 2 aliphatic rings. The van der Waals surface area contributed by atoms with Crippen LogP contribution in [-0.2, 0) is 4.79 Å². The van der Waals surface area contributed by atoms with Gasteiger partial charge in [0.2, 0.25) is 5.91 Å². The monoisotopic (exact) mass is 277 g/mol. The summed E-state index contributed by atoms with van der Waals surface area (Å²) < 4.78 is 0. The SMILES string of the molecule is BC1CCC2C(=O)N(C(C)C)CCC2C(C)(C(C)C)C1. The van der Waals surface area contributed by atoms with Crippen molar-refractivity contribution in [2.45, 2.75) is 72.2 Å². The van der Waals surface area contributed by atoms with E-state index in [1.54, 1.807) is 0 Å². The lowest BCUT2D eigenvalue weighted by molar-refractivity contribution is -0.147. The normalized spacial score (nSPS) is 39.0. The van der Waals surface area contributed by atoms with E-state index in [0.717, 1.165) is 18.8 Å². The highest BCUT2D eigenvalue weighted by molar-refractivity contribution is 6.11. The van der Waals surface area contributed by atoms with Crippen LogP contribution in [0, 0.1) is 23.2 Å². The van der Waals surface area contributed by atoms with Gasteiger partial charge in [0.15, 0.2) is 0 Å². The standard InChI is InChI=1S/C17H32BNO/c1-11(2)17(5)10-13(18)6-7-14-15(17)8-9-19(12(3)4)16(14)20/h11-15H,6-10,18H2,1-5H3. The van der Waals surface area contributed by atoms with Crippen LogP contribution < -0.4 is 0 Å². The Bertz CT molecular complexity index is 368. The zero-order valence-corrected chi connectivity index (χ0v) is 14.3. The lowest BCUT2D eigenvalue weighted by atomic mass is 9.59. The highest BCUT2D eigenvalue weighted by Crippen LogP contribution is 2.53. The molecule has 1 saturated heterocycles. The molecule has 114 valence electrons. The summed E-state index contributed by atoms with van der Waals surface area (Å²) in [6, 6.07) is 0.356. The fourth-order valence-corrected chi connectivity index (χ4v) is 4.73. The third-order valence-electron chi connectivity index (χ3n) is 6.32. The van der Waals surface area contributed by atoms with Crippen LogP contribution in [0.1, 0.15) is 60.3 Å². The summed E-state index contributed by atoms with van der Waals surface area (Å²) >= 11 is 0. The van der Waals surface area contributed by atoms with E-state index in [9.17, 15) is 4.79 Å². The second-order valence-corrected chi connectivity index (χ2v) is 8.17. The highest BCUT2D eigenvalue weighted by Gasteiger charge is 2.49. The van der Waals surface area contributed by atoms with Crippen LogP contribution in [0.5, 0.6) is 0 Å². The van der Waals surface area contributed by atoms with Gasteiger partial charge < -0.3 is 4.90 Å². The van der Waals surface area contributed by atoms with Gasteiger partial charge in [-0.1, -0.05) is 39.4 Å². The summed E-state index contributed by atoms with van der Waals surface area (Å²) in [7, 11) is 2.38. The summed E-state index contributed by atoms with van der Waals surface area (Å²) in [6.45, 7) is 12.4. The molecule has 20 heavy (non-hydrogen) atoms. The molecule has 3 heteroatoms. The molecule has 0 spiro atoms. The zero-order valence-electron chi connectivity index (χ0n) is 14.3. The predicted molar refractivity (Wildman–Crippen MR) is 87.5 cm³/mol. The van der Waals surface area contributed by atoms with E-state index in [0.29, 0.717) is 29.2 Å². The van der Waals surface area contributed by atoms with Crippen molar-refractivity contribution < 1.29 is 4.79 Å². The van der Waals surface area contributed by atoms with Crippen molar-refractivity contribution >= 4 is 13.8 Å². The molecule has 0 aromatic carbocycles. The molecule has 1 saturated carbocycles. The fraction of sp³-hybridized carbons (Fsp3) is 0.941. The molecule has 2 fully saturated rings. The number of fused-ring (bicyclic) bond motifs is 1. The second kappa shape index (κ2) is 5.73. The zero-order chi connectivity index (χ0) is 15.1. The van der Waals surface area contributed by atoms with Crippen molar-refractivity contribution in [1.29, 1.82) is 0 Å². The van der Waals surface area contributed by atoms with Crippen LogP contribution >= 0.6 is 0 Å². The van der Waals surface area contributed by atoms with Crippen molar-refractivity contribution in [1.82, 2.24) is 4.90 Å². The minimum absolute atomic E-state index is 0.281. The molecular weight excluding hydrogens is 245 g/mol. The number of likely N-dealkylation sites (tertiary alicyclic amines) is 1. The number of carbonyl (C=O) groups is 1. The maximum Gasteiger partial charge on any atom is 0.226 e. The molecule has 1 aliphatic carbocycles. The molecule has 0 N–H and O–H groups in total. The van der Waals surface area contributed by atoms with Gasteiger partial charge in [-0.05, 0) is 43.9 Å². The van der Waals surface area contributed by atoms with Gasteiger partial charge >= 0.3 is 0 Å². The third kappa shape index (κ3) is 2.65. The number of piperidine rings is 1. The number of hydrogen-bond acceptors (Lipinski definition) is 1. The summed E-state index contributed by atoms with van der Waals surface area (Å²) in [6.07, 6.45) is 4.83. The summed E-state index contributed by atoms with van der Waals surface area (Å²) in [5.74, 6) is 2.73. The molecule has 4 atom stereocenters. The molecule has 1 heterocycles. The van der Waals surface area contributed by atoms with Gasteiger partial charge in [0.05, 0.1) is 0 Å². The topological polar surface area (TPSA) is 20.3 Å². The highest BCUT2D eigenvalue weighted by atomic mass is 16.2. The molecule has 4 unspecified atom stereocenters. The molecule has 2 nitrogen and oxygen atoms in total. The predicted octanol–water partition coefficient (Wildman–Crippen LogP) is 3.13. The first-order valence-corrected chi connectivity index (χ1v) is 8.57. The summed E-state index contributed by atoms with van der Waals surface area (Å²) in [5, 5.41) is 0. The first-order valence-electron chi connectivity index (χ1n) is 8.57. The van der Waals surface area contributed by atoms with Gasteiger partial charge in [-0.25, -0.2) is 0 Å². The Kier molecular flexibility index (Phi) is 4.56. The Morgan fingerprint density at radius 1 is 1.20 bits per heavy atom. The number of carbonyl (C=O) groups excluding carboxylic acids is 1. The number of nitrogens with zero attached hydrogens (tertiary/aromatic N) is 1. The number of hydrogen-bond donors (Lipinski definition) is 0. The van der Waals surface area contributed by atoms with Crippen molar-refractivity contribution in [3.05, 3.63) is 0 Å². The quantitative estimate of drug-likeness (QED) is 0.710.